The predicted molar refractivity (Wildman–Crippen MR) is 147 cm³/mol. The maximum Gasteiger partial charge on any atom is 0.343 e. The van der Waals surface area contributed by atoms with Crippen molar-refractivity contribution in [1.82, 2.24) is 9.88 Å². The molecule has 1 fully saturated rings. The van der Waals surface area contributed by atoms with Crippen LogP contribution in [0.3, 0.4) is 0 Å². The molecule has 0 radical (unpaired) electrons. The van der Waals surface area contributed by atoms with Crippen molar-refractivity contribution >= 4 is 28.6 Å². The van der Waals surface area contributed by atoms with Gasteiger partial charge in [-0.1, -0.05) is 30.3 Å². The average Bonchev–Trinajstić information content (AvgIpc) is 3.34. The molecule has 5 rings (SSSR count). The highest BCUT2D eigenvalue weighted by molar-refractivity contribution is 7.98. The Balaban J connectivity index is 1.11. The average molecular weight is 501 g/mol. The minimum absolute atomic E-state index is 0.375. The van der Waals surface area contributed by atoms with Crippen LogP contribution in [0, 0.1) is 0 Å². The lowest BCUT2D eigenvalue weighted by Crippen LogP contribution is -2.34. The van der Waals surface area contributed by atoms with Gasteiger partial charge >= 0.3 is 5.97 Å². The lowest BCUT2D eigenvalue weighted by Gasteiger charge is -2.32. The molecule has 1 aromatic heterocycles. The zero-order valence-electron chi connectivity index (χ0n) is 20.6. The number of benzene rings is 3. The van der Waals surface area contributed by atoms with E-state index in [2.05, 4.69) is 46.4 Å². The SMILES string of the molecule is COc1ccc(C(=O)Oc2ccc3[nH]cc(CSCCN4CCC(c5ccccc5)CC4)c3c2)cc1. The molecule has 186 valence electrons. The molecule has 1 aliphatic heterocycles. The van der Waals surface area contributed by atoms with Crippen LogP contribution in [0.5, 0.6) is 11.5 Å². The van der Waals surface area contributed by atoms with E-state index in [1.165, 1.54) is 37.1 Å². The minimum Gasteiger partial charge on any atom is -0.497 e. The number of thioether (sulfide) groups is 1. The Bertz CT molecular complexity index is 1280. The number of ether oxygens (including phenoxy) is 2. The summed E-state index contributed by atoms with van der Waals surface area (Å²) >= 11 is 1.96. The Hall–Kier alpha value is -3.22. The molecule has 0 aliphatic carbocycles. The fraction of sp³-hybridized carbons (Fsp3) is 0.300. The third kappa shape index (κ3) is 5.94. The third-order valence-corrected chi connectivity index (χ3v) is 7.93. The number of methoxy groups -OCH3 is 1. The lowest BCUT2D eigenvalue weighted by molar-refractivity contribution is 0.0735. The molecule has 3 aromatic carbocycles. The van der Waals surface area contributed by atoms with Gasteiger partial charge in [-0.2, -0.15) is 11.8 Å². The van der Waals surface area contributed by atoms with Crippen molar-refractivity contribution in [2.75, 3.05) is 32.5 Å². The maximum absolute atomic E-state index is 12.6. The van der Waals surface area contributed by atoms with Gasteiger partial charge in [-0.05, 0) is 85.4 Å². The van der Waals surface area contributed by atoms with Crippen molar-refractivity contribution in [2.45, 2.75) is 24.5 Å². The maximum atomic E-state index is 12.6. The number of carbonyl (C=O) groups excluding carboxylic acids is 1. The second-order valence-corrected chi connectivity index (χ2v) is 10.3. The Labute approximate surface area is 216 Å². The largest absolute Gasteiger partial charge is 0.497 e. The van der Waals surface area contributed by atoms with E-state index in [1.54, 1.807) is 31.4 Å². The van der Waals surface area contributed by atoms with Crippen LogP contribution in [-0.4, -0.2) is 48.4 Å². The first kappa shape index (κ1) is 24.5. The van der Waals surface area contributed by atoms with Crippen LogP contribution in [0.1, 0.15) is 40.2 Å². The smallest absolute Gasteiger partial charge is 0.343 e. The molecule has 0 spiro atoms. The summed E-state index contributed by atoms with van der Waals surface area (Å²) in [7, 11) is 1.60. The number of likely N-dealkylation sites (tertiary alicyclic amines) is 1. The fourth-order valence-corrected chi connectivity index (χ4v) is 5.81. The van der Waals surface area contributed by atoms with Gasteiger partial charge in [-0.3, -0.25) is 0 Å². The first-order chi connectivity index (χ1) is 17.7. The number of aromatic amines is 1. The van der Waals surface area contributed by atoms with Crippen LogP contribution in [0.2, 0.25) is 0 Å². The minimum atomic E-state index is -0.375. The number of fused-ring (bicyclic) bond motifs is 1. The van der Waals surface area contributed by atoms with E-state index < -0.39 is 0 Å². The van der Waals surface area contributed by atoms with Gasteiger partial charge in [0.25, 0.3) is 0 Å². The number of aromatic nitrogens is 1. The molecular weight excluding hydrogens is 468 g/mol. The van der Waals surface area contributed by atoms with Crippen molar-refractivity contribution in [1.29, 1.82) is 0 Å². The monoisotopic (exact) mass is 500 g/mol. The Morgan fingerprint density at radius 3 is 2.50 bits per heavy atom. The highest BCUT2D eigenvalue weighted by Crippen LogP contribution is 2.29. The first-order valence-corrected chi connectivity index (χ1v) is 13.7. The summed E-state index contributed by atoms with van der Waals surface area (Å²) in [6.07, 6.45) is 4.56. The van der Waals surface area contributed by atoms with Gasteiger partial charge in [-0.15, -0.1) is 0 Å². The molecule has 0 amide bonds. The van der Waals surface area contributed by atoms with Gasteiger partial charge in [0.15, 0.2) is 0 Å². The van der Waals surface area contributed by atoms with E-state index in [0.29, 0.717) is 23.0 Å². The van der Waals surface area contributed by atoms with Crippen LogP contribution < -0.4 is 9.47 Å². The summed E-state index contributed by atoms with van der Waals surface area (Å²) in [5, 5.41) is 1.10. The molecule has 1 saturated heterocycles. The summed E-state index contributed by atoms with van der Waals surface area (Å²) in [5.41, 5.74) is 4.27. The number of piperidine rings is 1. The number of nitrogens with one attached hydrogen (secondary N) is 1. The number of rotatable bonds is 9. The zero-order chi connectivity index (χ0) is 24.7. The summed E-state index contributed by atoms with van der Waals surface area (Å²) < 4.78 is 10.8. The number of nitrogens with zero attached hydrogens (tertiary/aromatic N) is 1. The molecule has 0 atom stereocenters. The van der Waals surface area contributed by atoms with E-state index in [0.717, 1.165) is 29.0 Å². The second kappa shape index (κ2) is 11.7. The quantitative estimate of drug-likeness (QED) is 0.161. The van der Waals surface area contributed by atoms with Crippen LogP contribution in [0.25, 0.3) is 10.9 Å². The molecule has 0 saturated carbocycles. The van der Waals surface area contributed by atoms with Crippen molar-refractivity contribution in [3.05, 3.63) is 95.7 Å². The molecular formula is C30H32N2O3S. The van der Waals surface area contributed by atoms with Crippen LogP contribution in [0.15, 0.2) is 79.0 Å². The molecule has 2 heterocycles. The van der Waals surface area contributed by atoms with Crippen LogP contribution in [-0.2, 0) is 5.75 Å². The number of esters is 1. The van der Waals surface area contributed by atoms with Gasteiger partial charge in [-0.25, -0.2) is 4.79 Å². The first-order valence-electron chi connectivity index (χ1n) is 12.5. The Morgan fingerprint density at radius 2 is 1.75 bits per heavy atom. The van der Waals surface area contributed by atoms with Crippen molar-refractivity contribution in [3.8, 4) is 11.5 Å². The molecule has 6 heteroatoms. The second-order valence-electron chi connectivity index (χ2n) is 9.22. The van der Waals surface area contributed by atoms with E-state index in [9.17, 15) is 4.79 Å². The summed E-state index contributed by atoms with van der Waals surface area (Å²) in [6.45, 7) is 3.48. The Kier molecular flexibility index (Phi) is 7.94. The molecule has 5 nitrogen and oxygen atoms in total. The van der Waals surface area contributed by atoms with Gasteiger partial charge in [0.2, 0.25) is 0 Å². The predicted octanol–water partition coefficient (Wildman–Crippen LogP) is 6.51. The van der Waals surface area contributed by atoms with Crippen molar-refractivity contribution in [3.63, 3.8) is 0 Å². The lowest BCUT2D eigenvalue weighted by atomic mass is 9.89. The van der Waals surface area contributed by atoms with Crippen molar-refractivity contribution in [2.24, 2.45) is 0 Å². The van der Waals surface area contributed by atoms with E-state index >= 15 is 0 Å². The van der Waals surface area contributed by atoms with Crippen LogP contribution >= 0.6 is 11.8 Å². The van der Waals surface area contributed by atoms with Gasteiger partial charge in [0.1, 0.15) is 11.5 Å². The van der Waals surface area contributed by atoms with Gasteiger partial charge in [0.05, 0.1) is 12.7 Å². The van der Waals surface area contributed by atoms with Crippen molar-refractivity contribution < 1.29 is 14.3 Å². The highest BCUT2D eigenvalue weighted by Gasteiger charge is 2.20. The topological polar surface area (TPSA) is 54.6 Å². The molecule has 1 aliphatic rings. The molecule has 0 unspecified atom stereocenters. The van der Waals surface area contributed by atoms with E-state index in [1.807, 2.05) is 30.0 Å². The number of hydrogen-bond donors (Lipinski definition) is 1. The number of carbonyl (C=O) groups is 1. The normalized spacial score (nSPS) is 14.7. The summed E-state index contributed by atoms with van der Waals surface area (Å²) in [4.78, 5) is 18.5. The molecule has 4 aromatic rings. The molecule has 36 heavy (non-hydrogen) atoms. The van der Waals surface area contributed by atoms with Crippen LogP contribution in [0.4, 0.5) is 0 Å². The Morgan fingerprint density at radius 1 is 1.00 bits per heavy atom. The van der Waals surface area contributed by atoms with Gasteiger partial charge in [0, 0.05) is 35.2 Å². The molecule has 1 N–H and O–H groups in total. The highest BCUT2D eigenvalue weighted by atomic mass is 32.2. The van der Waals surface area contributed by atoms with Gasteiger partial charge < -0.3 is 19.4 Å². The summed E-state index contributed by atoms with van der Waals surface area (Å²) in [5.74, 6) is 3.62. The zero-order valence-corrected chi connectivity index (χ0v) is 21.4. The standard InChI is InChI=1S/C30H32N2O3S/c1-34-26-9-7-24(8-10-26)30(33)35-27-11-12-29-28(19-27)25(20-31-29)21-36-18-17-32-15-13-23(14-16-32)22-5-3-2-4-6-22/h2-12,19-20,23,31H,13-18,21H2,1H3. The third-order valence-electron chi connectivity index (χ3n) is 6.94. The van der Waals surface area contributed by atoms with E-state index in [-0.39, 0.29) is 5.97 Å². The fourth-order valence-electron chi connectivity index (χ4n) is 4.82. The number of H-pyrrole nitrogens is 1. The van der Waals surface area contributed by atoms with E-state index in [4.69, 9.17) is 9.47 Å². The number of hydrogen-bond acceptors (Lipinski definition) is 5. The molecule has 0 bridgehead atoms. The summed E-state index contributed by atoms with van der Waals surface area (Å²) in [6, 6.07) is 23.6.